The molecule has 0 radical (unpaired) electrons. The van der Waals surface area contributed by atoms with Crippen LogP contribution in [0.25, 0.3) is 0 Å². The van der Waals surface area contributed by atoms with Gasteiger partial charge in [0.25, 0.3) is 0 Å². The van der Waals surface area contributed by atoms with Gasteiger partial charge in [0.15, 0.2) is 0 Å². The van der Waals surface area contributed by atoms with Gasteiger partial charge >= 0.3 is 0 Å². The van der Waals surface area contributed by atoms with E-state index in [9.17, 15) is 4.79 Å². The van der Waals surface area contributed by atoms with E-state index in [2.05, 4.69) is 20.3 Å². The SMILES string of the molecule is Cc1cccc(C)c1NC(=O)CCCN(C)Cc1ncnn1C. The van der Waals surface area contributed by atoms with Crippen LogP contribution in [0.5, 0.6) is 0 Å². The van der Waals surface area contributed by atoms with Crippen molar-refractivity contribution in [2.75, 3.05) is 18.9 Å². The molecule has 1 aromatic carbocycles. The van der Waals surface area contributed by atoms with Crippen LogP contribution >= 0.6 is 0 Å². The Balaban J connectivity index is 1.75. The van der Waals surface area contributed by atoms with Crippen molar-refractivity contribution in [2.24, 2.45) is 7.05 Å². The topological polar surface area (TPSA) is 63.1 Å². The van der Waals surface area contributed by atoms with Crippen molar-refractivity contribution in [1.29, 1.82) is 0 Å². The van der Waals surface area contributed by atoms with E-state index in [0.29, 0.717) is 6.42 Å². The van der Waals surface area contributed by atoms with Crippen molar-refractivity contribution >= 4 is 11.6 Å². The summed E-state index contributed by atoms with van der Waals surface area (Å²) in [7, 11) is 3.91. The van der Waals surface area contributed by atoms with E-state index in [0.717, 1.165) is 42.1 Å². The fourth-order valence-corrected chi connectivity index (χ4v) is 2.51. The Kier molecular flexibility index (Phi) is 5.87. The Morgan fingerprint density at radius 1 is 1.30 bits per heavy atom. The van der Waals surface area contributed by atoms with Crippen molar-refractivity contribution in [1.82, 2.24) is 19.7 Å². The fraction of sp³-hybridized carbons (Fsp3) is 0.471. The minimum Gasteiger partial charge on any atom is -0.326 e. The number of nitrogens with zero attached hydrogens (tertiary/aromatic N) is 4. The number of aromatic nitrogens is 3. The third-order valence-electron chi connectivity index (χ3n) is 3.91. The summed E-state index contributed by atoms with van der Waals surface area (Å²) in [6, 6.07) is 6.02. The van der Waals surface area contributed by atoms with E-state index in [1.54, 1.807) is 11.0 Å². The molecule has 0 bridgehead atoms. The highest BCUT2D eigenvalue weighted by Gasteiger charge is 2.09. The molecule has 6 nitrogen and oxygen atoms in total. The number of para-hydroxylation sites is 1. The van der Waals surface area contributed by atoms with E-state index in [1.165, 1.54) is 0 Å². The molecule has 124 valence electrons. The summed E-state index contributed by atoms with van der Waals surface area (Å²) in [5.41, 5.74) is 3.13. The molecule has 2 aromatic rings. The van der Waals surface area contributed by atoms with Gasteiger partial charge in [-0.2, -0.15) is 5.10 Å². The predicted molar refractivity (Wildman–Crippen MR) is 91.1 cm³/mol. The largest absolute Gasteiger partial charge is 0.326 e. The summed E-state index contributed by atoms with van der Waals surface area (Å²) < 4.78 is 1.77. The van der Waals surface area contributed by atoms with Gasteiger partial charge in [0.1, 0.15) is 12.2 Å². The Labute approximate surface area is 137 Å². The molecule has 0 saturated carbocycles. The molecule has 1 heterocycles. The maximum absolute atomic E-state index is 12.1. The van der Waals surface area contributed by atoms with Crippen LogP contribution in [0.1, 0.15) is 29.8 Å². The molecule has 1 N–H and O–H groups in total. The van der Waals surface area contributed by atoms with Gasteiger partial charge in [-0.1, -0.05) is 18.2 Å². The lowest BCUT2D eigenvalue weighted by Crippen LogP contribution is -2.23. The molecule has 0 saturated heterocycles. The molecule has 0 atom stereocenters. The Hall–Kier alpha value is -2.21. The van der Waals surface area contributed by atoms with Crippen LogP contribution in [-0.2, 0) is 18.4 Å². The number of benzene rings is 1. The number of aryl methyl sites for hydroxylation is 3. The Morgan fingerprint density at radius 3 is 2.61 bits per heavy atom. The number of carbonyl (C=O) groups excluding carboxylic acids is 1. The second-order valence-electron chi connectivity index (χ2n) is 5.96. The van der Waals surface area contributed by atoms with Crippen LogP contribution < -0.4 is 5.32 Å². The van der Waals surface area contributed by atoms with Crippen molar-refractivity contribution in [3.63, 3.8) is 0 Å². The fourth-order valence-electron chi connectivity index (χ4n) is 2.51. The molecule has 6 heteroatoms. The van der Waals surface area contributed by atoms with Gasteiger partial charge in [0, 0.05) is 19.2 Å². The van der Waals surface area contributed by atoms with Crippen LogP contribution in [0.3, 0.4) is 0 Å². The van der Waals surface area contributed by atoms with Crippen LogP contribution in [0.15, 0.2) is 24.5 Å². The molecular weight excluding hydrogens is 290 g/mol. The van der Waals surface area contributed by atoms with Gasteiger partial charge in [-0.3, -0.25) is 14.4 Å². The lowest BCUT2D eigenvalue weighted by molar-refractivity contribution is -0.116. The molecule has 0 spiro atoms. The first-order valence-electron chi connectivity index (χ1n) is 7.85. The standard InChI is InChI=1S/C17H25N5O/c1-13-7-5-8-14(2)17(13)20-16(23)9-6-10-21(3)11-15-18-12-19-22(15)4/h5,7-8,12H,6,9-11H2,1-4H3,(H,20,23). The average Bonchev–Trinajstić information content (AvgIpc) is 2.88. The van der Waals surface area contributed by atoms with Crippen molar-refractivity contribution in [3.05, 3.63) is 41.5 Å². The Bertz CT molecular complexity index is 645. The summed E-state index contributed by atoms with van der Waals surface area (Å²) >= 11 is 0. The minimum absolute atomic E-state index is 0.0643. The maximum atomic E-state index is 12.1. The van der Waals surface area contributed by atoms with Gasteiger partial charge in [0.05, 0.1) is 6.54 Å². The van der Waals surface area contributed by atoms with Crippen LogP contribution in [0, 0.1) is 13.8 Å². The van der Waals surface area contributed by atoms with E-state index in [1.807, 2.05) is 46.1 Å². The van der Waals surface area contributed by atoms with Crippen LogP contribution in [0.2, 0.25) is 0 Å². The summed E-state index contributed by atoms with van der Waals surface area (Å²) in [5.74, 6) is 0.988. The molecule has 0 aliphatic carbocycles. The number of carbonyl (C=O) groups is 1. The number of amides is 1. The minimum atomic E-state index is 0.0643. The smallest absolute Gasteiger partial charge is 0.224 e. The second-order valence-corrected chi connectivity index (χ2v) is 5.96. The Morgan fingerprint density at radius 2 is 2.00 bits per heavy atom. The van der Waals surface area contributed by atoms with Gasteiger partial charge < -0.3 is 5.32 Å². The third-order valence-corrected chi connectivity index (χ3v) is 3.91. The number of hydrogen-bond donors (Lipinski definition) is 1. The summed E-state index contributed by atoms with van der Waals surface area (Å²) in [4.78, 5) is 18.5. The second kappa shape index (κ2) is 7.87. The van der Waals surface area contributed by atoms with Gasteiger partial charge in [-0.15, -0.1) is 0 Å². The predicted octanol–water partition coefficient (Wildman–Crippen LogP) is 2.28. The van der Waals surface area contributed by atoms with Crippen LogP contribution in [-0.4, -0.2) is 39.2 Å². The van der Waals surface area contributed by atoms with Gasteiger partial charge in [0.2, 0.25) is 5.91 Å². The van der Waals surface area contributed by atoms with Crippen molar-refractivity contribution < 1.29 is 4.79 Å². The molecule has 23 heavy (non-hydrogen) atoms. The monoisotopic (exact) mass is 315 g/mol. The van der Waals surface area contributed by atoms with E-state index < -0.39 is 0 Å². The lowest BCUT2D eigenvalue weighted by atomic mass is 10.1. The first kappa shape index (κ1) is 17.1. The van der Waals surface area contributed by atoms with Crippen molar-refractivity contribution in [3.8, 4) is 0 Å². The molecule has 0 aliphatic rings. The number of rotatable bonds is 7. The maximum Gasteiger partial charge on any atom is 0.224 e. The van der Waals surface area contributed by atoms with E-state index >= 15 is 0 Å². The highest BCUT2D eigenvalue weighted by atomic mass is 16.1. The zero-order valence-electron chi connectivity index (χ0n) is 14.3. The molecular formula is C17H25N5O. The molecule has 1 amide bonds. The average molecular weight is 315 g/mol. The number of hydrogen-bond acceptors (Lipinski definition) is 4. The normalized spacial score (nSPS) is 11.0. The summed E-state index contributed by atoms with van der Waals surface area (Å²) in [6.45, 7) is 5.59. The molecule has 0 unspecified atom stereocenters. The van der Waals surface area contributed by atoms with Gasteiger partial charge in [-0.25, -0.2) is 4.98 Å². The zero-order chi connectivity index (χ0) is 16.8. The molecule has 0 fully saturated rings. The van der Waals surface area contributed by atoms with Crippen LogP contribution in [0.4, 0.5) is 5.69 Å². The molecule has 1 aromatic heterocycles. The zero-order valence-corrected chi connectivity index (χ0v) is 14.3. The molecule has 0 aliphatic heterocycles. The van der Waals surface area contributed by atoms with E-state index in [4.69, 9.17) is 0 Å². The number of anilines is 1. The summed E-state index contributed by atoms with van der Waals surface area (Å²) in [5, 5.41) is 7.08. The van der Waals surface area contributed by atoms with E-state index in [-0.39, 0.29) is 5.91 Å². The number of nitrogens with one attached hydrogen (secondary N) is 1. The summed E-state index contributed by atoms with van der Waals surface area (Å²) in [6.07, 6.45) is 2.88. The highest BCUT2D eigenvalue weighted by Crippen LogP contribution is 2.19. The first-order chi connectivity index (χ1) is 11.0. The quantitative estimate of drug-likeness (QED) is 0.851. The third kappa shape index (κ3) is 4.89. The highest BCUT2D eigenvalue weighted by molar-refractivity contribution is 5.92. The van der Waals surface area contributed by atoms with Crippen molar-refractivity contribution in [2.45, 2.75) is 33.2 Å². The molecule has 2 rings (SSSR count). The van der Waals surface area contributed by atoms with Gasteiger partial charge in [-0.05, 0) is 45.0 Å². The first-order valence-corrected chi connectivity index (χ1v) is 7.85. The lowest BCUT2D eigenvalue weighted by Gasteiger charge is -2.16.